The molecule has 0 bridgehead atoms. The number of fused-ring (bicyclic) bond motifs is 1. The summed E-state index contributed by atoms with van der Waals surface area (Å²) in [5.74, 6) is -1.43. The van der Waals surface area contributed by atoms with Crippen LogP contribution in [0.1, 0.15) is 5.69 Å². The van der Waals surface area contributed by atoms with Crippen LogP contribution in [-0.4, -0.2) is 43.1 Å². The molecule has 10 heteroatoms. The molecule has 154 valence electrons. The predicted molar refractivity (Wildman–Crippen MR) is 113 cm³/mol. The highest BCUT2D eigenvalue weighted by Gasteiger charge is 2.13. The Hall–Kier alpha value is -3.30. The van der Waals surface area contributed by atoms with Crippen molar-refractivity contribution in [2.75, 3.05) is 18.2 Å². The summed E-state index contributed by atoms with van der Waals surface area (Å²) in [6.45, 7) is -0.577. The van der Waals surface area contributed by atoms with Crippen LogP contribution in [0.4, 0.5) is 5.69 Å². The Balaban J connectivity index is 1.58. The molecule has 0 spiro atoms. The molecule has 30 heavy (non-hydrogen) atoms. The van der Waals surface area contributed by atoms with Gasteiger partial charge in [0.05, 0.1) is 38.5 Å². The molecule has 3 rings (SSSR count). The van der Waals surface area contributed by atoms with Gasteiger partial charge in [-0.15, -0.1) is 0 Å². The molecule has 0 aliphatic rings. The van der Waals surface area contributed by atoms with E-state index in [1.54, 1.807) is 6.07 Å². The third-order valence-corrected chi connectivity index (χ3v) is 5.28. The lowest BCUT2D eigenvalue weighted by Gasteiger charge is -2.09. The zero-order valence-electron chi connectivity index (χ0n) is 15.7. The van der Waals surface area contributed by atoms with Gasteiger partial charge in [0, 0.05) is 12.3 Å². The summed E-state index contributed by atoms with van der Waals surface area (Å²) in [4.78, 5) is 32.4. The molecule has 2 aromatic carbocycles. The number of carbonyl (C=O) groups is 2. The number of benzene rings is 2. The van der Waals surface area contributed by atoms with E-state index in [0.717, 1.165) is 17.8 Å². The average molecular weight is 446 g/mol. The summed E-state index contributed by atoms with van der Waals surface area (Å²) >= 11 is 5.97. The van der Waals surface area contributed by atoms with Crippen LogP contribution in [-0.2, 0) is 24.2 Å². The van der Waals surface area contributed by atoms with Crippen LogP contribution in [0.3, 0.4) is 0 Å². The first-order chi connectivity index (χ1) is 14.2. The lowest BCUT2D eigenvalue weighted by molar-refractivity contribution is -0.142. The van der Waals surface area contributed by atoms with Gasteiger partial charge in [0.2, 0.25) is 0 Å². The van der Waals surface area contributed by atoms with Gasteiger partial charge in [-0.05, 0) is 36.4 Å². The quantitative estimate of drug-likeness (QED) is 0.458. The minimum Gasteiger partial charge on any atom is -0.452 e. The van der Waals surface area contributed by atoms with E-state index in [1.165, 1.54) is 30.5 Å². The fraction of sp³-hybridized carbons (Fsp3) is 0.100. The van der Waals surface area contributed by atoms with Crippen molar-refractivity contribution in [3.05, 3.63) is 65.5 Å². The number of esters is 1. The number of rotatable bonds is 6. The molecule has 0 fully saturated rings. The molecule has 1 amide bonds. The third-order valence-electron chi connectivity index (χ3n) is 3.84. The number of amides is 1. The Bertz CT molecular complexity index is 1260. The van der Waals surface area contributed by atoms with E-state index < -0.39 is 28.3 Å². The molecule has 1 aromatic heterocycles. The van der Waals surface area contributed by atoms with Crippen molar-refractivity contribution < 1.29 is 22.7 Å². The fourth-order valence-electron chi connectivity index (χ4n) is 2.41. The van der Waals surface area contributed by atoms with Gasteiger partial charge in [0.15, 0.2) is 16.4 Å². The summed E-state index contributed by atoms with van der Waals surface area (Å²) in [5.41, 5.74) is 1.97. The first kappa shape index (κ1) is 21.4. The fourth-order valence-corrected chi connectivity index (χ4v) is 3.22. The monoisotopic (exact) mass is 445 g/mol. The van der Waals surface area contributed by atoms with Crippen molar-refractivity contribution in [2.24, 2.45) is 0 Å². The Morgan fingerprint density at radius 2 is 1.90 bits per heavy atom. The van der Waals surface area contributed by atoms with Crippen LogP contribution in [0.2, 0.25) is 5.02 Å². The number of nitrogens with one attached hydrogen (secondary N) is 1. The molecule has 0 aliphatic heterocycles. The summed E-state index contributed by atoms with van der Waals surface area (Å²) in [6, 6.07) is 11.2. The molecule has 0 unspecified atom stereocenters. The van der Waals surface area contributed by atoms with Gasteiger partial charge < -0.3 is 10.1 Å². The summed E-state index contributed by atoms with van der Waals surface area (Å²) in [7, 11) is -3.47. The molecule has 1 heterocycles. The smallest absolute Gasteiger partial charge is 0.331 e. The number of aromatic nitrogens is 2. The number of halogens is 1. The second-order valence-electron chi connectivity index (χ2n) is 6.19. The van der Waals surface area contributed by atoms with Gasteiger partial charge in [-0.3, -0.25) is 9.78 Å². The zero-order chi connectivity index (χ0) is 21.7. The van der Waals surface area contributed by atoms with Crippen molar-refractivity contribution in [1.82, 2.24) is 9.97 Å². The van der Waals surface area contributed by atoms with Crippen LogP contribution in [0.5, 0.6) is 0 Å². The largest absolute Gasteiger partial charge is 0.452 e. The van der Waals surface area contributed by atoms with Crippen LogP contribution < -0.4 is 5.32 Å². The maximum atomic E-state index is 12.0. The van der Waals surface area contributed by atoms with E-state index in [1.807, 2.05) is 18.2 Å². The molecule has 0 saturated carbocycles. The Morgan fingerprint density at radius 3 is 2.63 bits per heavy atom. The highest BCUT2D eigenvalue weighted by molar-refractivity contribution is 7.90. The summed E-state index contributed by atoms with van der Waals surface area (Å²) in [5, 5.41) is 2.56. The molecule has 0 saturated heterocycles. The zero-order valence-corrected chi connectivity index (χ0v) is 17.3. The second-order valence-corrected chi connectivity index (χ2v) is 8.61. The van der Waals surface area contributed by atoms with E-state index in [2.05, 4.69) is 15.3 Å². The topological polar surface area (TPSA) is 115 Å². The van der Waals surface area contributed by atoms with Gasteiger partial charge in [-0.2, -0.15) is 0 Å². The van der Waals surface area contributed by atoms with Crippen molar-refractivity contribution in [3.63, 3.8) is 0 Å². The first-order valence-corrected chi connectivity index (χ1v) is 10.9. The third kappa shape index (κ3) is 5.62. The van der Waals surface area contributed by atoms with Gasteiger partial charge in [0.1, 0.15) is 0 Å². The molecule has 8 nitrogen and oxygen atoms in total. The SMILES string of the molecule is CS(=O)(=O)c1ccc(Cl)c(NC(=O)COC(=O)C=Cc2cnc3ccccc3n2)c1. The second kappa shape index (κ2) is 9.02. The maximum Gasteiger partial charge on any atom is 0.331 e. The van der Waals surface area contributed by atoms with E-state index >= 15 is 0 Å². The number of nitrogens with zero attached hydrogens (tertiary/aromatic N) is 2. The van der Waals surface area contributed by atoms with Crippen molar-refractivity contribution in [1.29, 1.82) is 0 Å². The van der Waals surface area contributed by atoms with Crippen LogP contribution >= 0.6 is 11.6 Å². The number of anilines is 1. The number of hydrogen-bond acceptors (Lipinski definition) is 7. The molecule has 1 N–H and O–H groups in total. The first-order valence-electron chi connectivity index (χ1n) is 8.58. The predicted octanol–water partition coefficient (Wildman–Crippen LogP) is 2.88. The lowest BCUT2D eigenvalue weighted by Crippen LogP contribution is -2.20. The van der Waals surface area contributed by atoms with E-state index in [9.17, 15) is 18.0 Å². The molecular weight excluding hydrogens is 430 g/mol. The molecular formula is C20H16ClN3O5S. The minimum atomic E-state index is -3.47. The number of para-hydroxylation sites is 2. The number of carbonyl (C=O) groups excluding carboxylic acids is 2. The van der Waals surface area contributed by atoms with E-state index in [4.69, 9.17) is 16.3 Å². The number of hydrogen-bond donors (Lipinski definition) is 1. The summed E-state index contributed by atoms with van der Waals surface area (Å²) < 4.78 is 28.1. The Labute approximate surface area is 177 Å². The lowest BCUT2D eigenvalue weighted by atomic mass is 10.3. The van der Waals surface area contributed by atoms with Gasteiger partial charge in [-0.1, -0.05) is 23.7 Å². The van der Waals surface area contributed by atoms with Crippen LogP contribution in [0, 0.1) is 0 Å². The van der Waals surface area contributed by atoms with Gasteiger partial charge in [-0.25, -0.2) is 18.2 Å². The van der Waals surface area contributed by atoms with Crippen LogP contribution in [0.25, 0.3) is 17.1 Å². The minimum absolute atomic E-state index is 0.00128. The van der Waals surface area contributed by atoms with Crippen LogP contribution in [0.15, 0.2) is 59.6 Å². The van der Waals surface area contributed by atoms with Crippen molar-refractivity contribution >= 4 is 56.1 Å². The normalized spacial score (nSPS) is 11.5. The molecule has 0 atom stereocenters. The van der Waals surface area contributed by atoms with Crippen molar-refractivity contribution in [3.8, 4) is 0 Å². The Kier molecular flexibility index (Phi) is 6.43. The highest BCUT2D eigenvalue weighted by atomic mass is 35.5. The molecule has 0 aliphatic carbocycles. The summed E-state index contributed by atoms with van der Waals surface area (Å²) in [6.07, 6.45) is 5.10. The Morgan fingerprint density at radius 1 is 1.17 bits per heavy atom. The average Bonchev–Trinajstić information content (AvgIpc) is 2.71. The van der Waals surface area contributed by atoms with Crippen molar-refractivity contribution in [2.45, 2.75) is 4.90 Å². The number of ether oxygens (including phenoxy) is 1. The maximum absolute atomic E-state index is 12.0. The molecule has 0 radical (unpaired) electrons. The van der Waals surface area contributed by atoms with E-state index in [-0.39, 0.29) is 15.6 Å². The molecule has 3 aromatic rings. The van der Waals surface area contributed by atoms with Gasteiger partial charge in [0.25, 0.3) is 5.91 Å². The highest BCUT2D eigenvalue weighted by Crippen LogP contribution is 2.25. The number of sulfone groups is 1. The van der Waals surface area contributed by atoms with E-state index in [0.29, 0.717) is 11.2 Å². The standard InChI is InChI=1S/C20H16ClN3O5S/c1-30(27,28)14-7-8-15(21)18(10-14)24-19(25)12-29-20(26)9-6-13-11-22-16-4-2-3-5-17(16)23-13/h2-11H,12H2,1H3,(H,24,25). The van der Waals surface area contributed by atoms with Gasteiger partial charge >= 0.3 is 5.97 Å².